The molecule has 0 fully saturated rings. The molecule has 0 aliphatic carbocycles. The van der Waals surface area contributed by atoms with Crippen LogP contribution in [0.3, 0.4) is 0 Å². The summed E-state index contributed by atoms with van der Waals surface area (Å²) in [5.41, 5.74) is 6.35. The first-order valence-corrected chi connectivity index (χ1v) is 5.63. The lowest BCUT2D eigenvalue weighted by molar-refractivity contribution is -0.150. The quantitative estimate of drug-likeness (QED) is 0.819. The van der Waals surface area contributed by atoms with E-state index in [0.717, 1.165) is 5.56 Å². The minimum atomic E-state index is -0.627. The van der Waals surface area contributed by atoms with Gasteiger partial charge in [-0.3, -0.25) is 4.79 Å². The Morgan fingerprint density at radius 1 is 1.24 bits per heavy atom. The first kappa shape index (κ1) is 13.6. The Morgan fingerprint density at radius 3 is 2.24 bits per heavy atom. The van der Waals surface area contributed by atoms with Crippen LogP contribution in [0.5, 0.6) is 0 Å². The second-order valence-electron chi connectivity index (χ2n) is 4.27. The van der Waals surface area contributed by atoms with Crippen molar-refractivity contribution in [1.82, 2.24) is 0 Å². The SMILES string of the molecule is C[C@H](N)C(=O)O[C@H](C)[C@H](C)c1ccc(F)cc1. The smallest absolute Gasteiger partial charge is 0.322 e. The van der Waals surface area contributed by atoms with Gasteiger partial charge in [0, 0.05) is 5.92 Å². The molecule has 1 rings (SSSR count). The van der Waals surface area contributed by atoms with Crippen molar-refractivity contribution in [2.24, 2.45) is 5.73 Å². The van der Waals surface area contributed by atoms with Crippen LogP contribution in [0.15, 0.2) is 24.3 Å². The fraction of sp³-hybridized carbons (Fsp3) is 0.462. The first-order chi connectivity index (χ1) is 7.91. The second-order valence-corrected chi connectivity index (χ2v) is 4.27. The molecule has 0 heterocycles. The number of carbonyl (C=O) groups excluding carboxylic acids is 1. The molecular weight excluding hydrogens is 221 g/mol. The van der Waals surface area contributed by atoms with E-state index >= 15 is 0 Å². The number of halogens is 1. The van der Waals surface area contributed by atoms with Crippen molar-refractivity contribution in [3.05, 3.63) is 35.6 Å². The Morgan fingerprint density at radius 2 is 1.76 bits per heavy atom. The Bertz CT molecular complexity index is 376. The van der Waals surface area contributed by atoms with E-state index in [9.17, 15) is 9.18 Å². The maximum Gasteiger partial charge on any atom is 0.322 e. The fourth-order valence-electron chi connectivity index (χ4n) is 1.43. The van der Waals surface area contributed by atoms with E-state index in [2.05, 4.69) is 0 Å². The zero-order valence-corrected chi connectivity index (χ0v) is 10.3. The van der Waals surface area contributed by atoms with Gasteiger partial charge < -0.3 is 10.5 Å². The predicted octanol–water partition coefficient (Wildman–Crippen LogP) is 2.21. The van der Waals surface area contributed by atoms with Crippen LogP contribution in [-0.4, -0.2) is 18.1 Å². The maximum absolute atomic E-state index is 12.8. The molecule has 0 amide bonds. The average molecular weight is 239 g/mol. The average Bonchev–Trinajstić information content (AvgIpc) is 2.28. The van der Waals surface area contributed by atoms with Crippen molar-refractivity contribution >= 4 is 5.97 Å². The molecule has 0 bridgehead atoms. The zero-order valence-electron chi connectivity index (χ0n) is 10.3. The largest absolute Gasteiger partial charge is 0.461 e. The minimum absolute atomic E-state index is 0.00157. The Labute approximate surface area is 101 Å². The van der Waals surface area contributed by atoms with Gasteiger partial charge in [0.1, 0.15) is 18.0 Å². The standard InChI is InChI=1S/C13H18FNO2/c1-8(10(3)17-13(16)9(2)15)11-4-6-12(14)7-5-11/h4-10H,15H2,1-3H3/t8-,9-,10+/m0/s1. The molecule has 0 saturated carbocycles. The zero-order chi connectivity index (χ0) is 13.0. The summed E-state index contributed by atoms with van der Waals surface area (Å²) in [6.45, 7) is 5.30. The maximum atomic E-state index is 12.8. The molecule has 4 heteroatoms. The van der Waals surface area contributed by atoms with Gasteiger partial charge in [0.25, 0.3) is 0 Å². The summed E-state index contributed by atoms with van der Waals surface area (Å²) in [6, 6.07) is 5.54. The van der Waals surface area contributed by atoms with Gasteiger partial charge in [-0.2, -0.15) is 0 Å². The topological polar surface area (TPSA) is 52.3 Å². The van der Waals surface area contributed by atoms with Crippen LogP contribution < -0.4 is 5.73 Å². The number of nitrogens with two attached hydrogens (primary N) is 1. The van der Waals surface area contributed by atoms with Crippen LogP contribution >= 0.6 is 0 Å². The highest BCUT2D eigenvalue weighted by atomic mass is 19.1. The number of esters is 1. The third kappa shape index (κ3) is 3.82. The van der Waals surface area contributed by atoms with Crippen molar-refractivity contribution in [3.63, 3.8) is 0 Å². The lowest BCUT2D eigenvalue weighted by atomic mass is 9.96. The molecule has 2 N–H and O–H groups in total. The van der Waals surface area contributed by atoms with E-state index in [0.29, 0.717) is 0 Å². The molecule has 94 valence electrons. The number of carbonyl (C=O) groups is 1. The van der Waals surface area contributed by atoms with Crippen molar-refractivity contribution in [3.8, 4) is 0 Å². The summed E-state index contributed by atoms with van der Waals surface area (Å²) in [4.78, 5) is 11.3. The molecule has 1 aromatic rings. The van der Waals surface area contributed by atoms with E-state index in [1.807, 2.05) is 6.92 Å². The molecule has 3 nitrogen and oxygen atoms in total. The van der Waals surface area contributed by atoms with Crippen molar-refractivity contribution in [1.29, 1.82) is 0 Å². The third-order valence-electron chi connectivity index (χ3n) is 2.77. The summed E-state index contributed by atoms with van der Waals surface area (Å²) < 4.78 is 18.0. The highest BCUT2D eigenvalue weighted by Gasteiger charge is 2.20. The molecule has 3 atom stereocenters. The lowest BCUT2D eigenvalue weighted by Gasteiger charge is -2.21. The molecule has 0 aromatic heterocycles. The van der Waals surface area contributed by atoms with Gasteiger partial charge in [-0.25, -0.2) is 4.39 Å². The molecule has 0 spiro atoms. The third-order valence-corrected chi connectivity index (χ3v) is 2.77. The molecule has 0 radical (unpaired) electrons. The monoisotopic (exact) mass is 239 g/mol. The highest BCUT2D eigenvalue weighted by molar-refractivity contribution is 5.75. The van der Waals surface area contributed by atoms with Crippen LogP contribution in [0.1, 0.15) is 32.3 Å². The van der Waals surface area contributed by atoms with Crippen LogP contribution in [0, 0.1) is 5.82 Å². The molecule has 0 aliphatic heterocycles. The fourth-order valence-corrected chi connectivity index (χ4v) is 1.43. The number of hydrogen-bond donors (Lipinski definition) is 1. The van der Waals surface area contributed by atoms with Crippen molar-refractivity contribution < 1.29 is 13.9 Å². The van der Waals surface area contributed by atoms with E-state index < -0.39 is 12.0 Å². The van der Waals surface area contributed by atoms with Gasteiger partial charge in [0.2, 0.25) is 0 Å². The number of benzene rings is 1. The molecular formula is C13H18FNO2. The van der Waals surface area contributed by atoms with E-state index in [1.54, 1.807) is 26.0 Å². The molecule has 17 heavy (non-hydrogen) atoms. The Hall–Kier alpha value is -1.42. The van der Waals surface area contributed by atoms with Gasteiger partial charge in [-0.15, -0.1) is 0 Å². The molecule has 0 unspecified atom stereocenters. The number of rotatable bonds is 4. The van der Waals surface area contributed by atoms with Gasteiger partial charge in [0.15, 0.2) is 0 Å². The number of hydrogen-bond acceptors (Lipinski definition) is 3. The van der Waals surface area contributed by atoms with E-state index in [-0.39, 0.29) is 17.8 Å². The molecule has 0 aliphatic rings. The van der Waals surface area contributed by atoms with E-state index in [4.69, 9.17) is 10.5 Å². The number of ether oxygens (including phenoxy) is 1. The van der Waals surface area contributed by atoms with Crippen LogP contribution in [0.4, 0.5) is 4.39 Å². The first-order valence-electron chi connectivity index (χ1n) is 5.63. The van der Waals surface area contributed by atoms with Crippen molar-refractivity contribution in [2.75, 3.05) is 0 Å². The Kier molecular flexibility index (Phi) is 4.63. The van der Waals surface area contributed by atoms with Gasteiger partial charge in [-0.1, -0.05) is 19.1 Å². The van der Waals surface area contributed by atoms with Crippen LogP contribution in [0.2, 0.25) is 0 Å². The minimum Gasteiger partial charge on any atom is -0.461 e. The highest BCUT2D eigenvalue weighted by Crippen LogP contribution is 2.21. The summed E-state index contributed by atoms with van der Waals surface area (Å²) in [6.07, 6.45) is -0.293. The summed E-state index contributed by atoms with van der Waals surface area (Å²) in [5.74, 6) is -0.703. The lowest BCUT2D eigenvalue weighted by Crippen LogP contribution is -2.33. The van der Waals surface area contributed by atoms with Gasteiger partial charge in [0.05, 0.1) is 0 Å². The van der Waals surface area contributed by atoms with Gasteiger partial charge in [-0.05, 0) is 31.5 Å². The van der Waals surface area contributed by atoms with Crippen LogP contribution in [-0.2, 0) is 9.53 Å². The summed E-state index contributed by atoms with van der Waals surface area (Å²) >= 11 is 0. The summed E-state index contributed by atoms with van der Waals surface area (Å²) in [5, 5.41) is 0. The van der Waals surface area contributed by atoms with Crippen LogP contribution in [0.25, 0.3) is 0 Å². The van der Waals surface area contributed by atoms with E-state index in [1.165, 1.54) is 12.1 Å². The second kappa shape index (κ2) is 5.77. The Balaban J connectivity index is 2.66. The molecule has 1 aromatic carbocycles. The molecule has 0 saturated heterocycles. The van der Waals surface area contributed by atoms with Crippen molar-refractivity contribution in [2.45, 2.75) is 38.8 Å². The van der Waals surface area contributed by atoms with Gasteiger partial charge >= 0.3 is 5.97 Å². The summed E-state index contributed by atoms with van der Waals surface area (Å²) in [7, 11) is 0. The predicted molar refractivity (Wildman–Crippen MR) is 64.0 cm³/mol. The normalized spacial score (nSPS) is 16.1.